The van der Waals surface area contributed by atoms with Gasteiger partial charge in [0.15, 0.2) is 11.4 Å². The lowest BCUT2D eigenvalue weighted by atomic mass is 9.87. The van der Waals surface area contributed by atoms with E-state index in [0.717, 1.165) is 19.4 Å². The zero-order valence-corrected chi connectivity index (χ0v) is 19.9. The van der Waals surface area contributed by atoms with E-state index in [-0.39, 0.29) is 35.8 Å². The van der Waals surface area contributed by atoms with Crippen molar-refractivity contribution in [2.24, 2.45) is 5.41 Å². The summed E-state index contributed by atoms with van der Waals surface area (Å²) in [5.41, 5.74) is 0.702. The Hall–Kier alpha value is -3.24. The Balaban J connectivity index is 1.64. The predicted octanol–water partition coefficient (Wildman–Crippen LogP) is 3.01. The molecule has 4 heterocycles. The first-order valence-corrected chi connectivity index (χ1v) is 11.6. The lowest BCUT2D eigenvalue weighted by Crippen LogP contribution is -2.31. The van der Waals surface area contributed by atoms with Crippen molar-refractivity contribution < 1.29 is 14.6 Å². The predicted molar refractivity (Wildman–Crippen MR) is 130 cm³/mol. The second-order valence-electron chi connectivity index (χ2n) is 9.45. The average molecular weight is 469 g/mol. The summed E-state index contributed by atoms with van der Waals surface area (Å²) in [4.78, 5) is 30.7. The summed E-state index contributed by atoms with van der Waals surface area (Å²) in [5.74, 6) is 0.957. The Morgan fingerprint density at radius 2 is 2.21 bits per heavy atom. The van der Waals surface area contributed by atoms with E-state index in [0.29, 0.717) is 41.6 Å². The first-order chi connectivity index (χ1) is 16.3. The van der Waals surface area contributed by atoms with E-state index in [9.17, 15) is 14.7 Å². The lowest BCUT2D eigenvalue weighted by molar-refractivity contribution is 0.0581. The number of pyridine rings is 1. The van der Waals surface area contributed by atoms with Gasteiger partial charge in [-0.25, -0.2) is 4.98 Å². The molecule has 1 saturated heterocycles. The molecule has 4 rings (SSSR count). The van der Waals surface area contributed by atoms with Gasteiger partial charge in [-0.05, 0) is 36.8 Å². The van der Waals surface area contributed by atoms with Crippen LogP contribution in [0.1, 0.15) is 55.9 Å². The molecule has 0 saturated carbocycles. The zero-order chi connectivity index (χ0) is 24.3. The maximum Gasteiger partial charge on any atom is 0.274 e. The van der Waals surface area contributed by atoms with Gasteiger partial charge in [0, 0.05) is 38.9 Å². The summed E-state index contributed by atoms with van der Waals surface area (Å²) < 4.78 is 8.82. The third-order valence-corrected chi connectivity index (χ3v) is 6.25. The number of aliphatic hydroxyl groups is 1. The van der Waals surface area contributed by atoms with E-state index in [1.54, 1.807) is 34.5 Å². The van der Waals surface area contributed by atoms with E-state index in [1.165, 1.54) is 6.20 Å². The van der Waals surface area contributed by atoms with Gasteiger partial charge in [0.2, 0.25) is 0 Å². The second kappa shape index (κ2) is 9.94. The fourth-order valence-electron chi connectivity index (χ4n) is 4.04. The number of hydrogen-bond acceptors (Lipinski definition) is 8. The average Bonchev–Trinajstić information content (AvgIpc) is 3.28. The number of ether oxygens (including phenoxy) is 1. The second-order valence-corrected chi connectivity index (χ2v) is 9.45. The molecule has 0 bridgehead atoms. The van der Waals surface area contributed by atoms with Crippen LogP contribution < -0.4 is 16.2 Å². The molecule has 0 aliphatic carbocycles. The Morgan fingerprint density at radius 3 is 2.91 bits per heavy atom. The number of Topliss-reactive ketones (excluding diaryl/α,β-unsaturated/α-hetero) is 1. The largest absolute Gasteiger partial charge is 0.396 e. The maximum absolute atomic E-state index is 13.1. The number of anilines is 3. The molecule has 182 valence electrons. The lowest BCUT2D eigenvalue weighted by Gasteiger charge is -2.24. The zero-order valence-electron chi connectivity index (χ0n) is 19.9. The van der Waals surface area contributed by atoms with Crippen LogP contribution in [0.2, 0.25) is 0 Å². The monoisotopic (exact) mass is 468 g/mol. The number of hydrogen-bond donors (Lipinski definition) is 3. The molecule has 1 aliphatic rings. The maximum atomic E-state index is 13.1. The molecule has 0 amide bonds. The number of fused-ring (bicyclic) bond motifs is 1. The molecule has 3 N–H and O–H groups in total. The van der Waals surface area contributed by atoms with Gasteiger partial charge in [-0.15, -0.1) is 0 Å². The van der Waals surface area contributed by atoms with Gasteiger partial charge >= 0.3 is 0 Å². The molecule has 10 nitrogen and oxygen atoms in total. The summed E-state index contributed by atoms with van der Waals surface area (Å²) in [6, 6.07) is 5.29. The molecular formula is C24H32N6O4. The highest BCUT2D eigenvalue weighted by molar-refractivity contribution is 6.01. The van der Waals surface area contributed by atoms with Crippen molar-refractivity contribution in [2.75, 3.05) is 37.5 Å². The third kappa shape index (κ3) is 4.97. The first-order valence-electron chi connectivity index (χ1n) is 11.6. The Kier molecular flexibility index (Phi) is 6.99. The number of carbonyl (C=O) groups is 1. The fourth-order valence-corrected chi connectivity index (χ4v) is 4.04. The van der Waals surface area contributed by atoms with Gasteiger partial charge in [0.05, 0.1) is 24.4 Å². The van der Waals surface area contributed by atoms with E-state index >= 15 is 0 Å². The molecule has 1 aliphatic heterocycles. The van der Waals surface area contributed by atoms with Crippen LogP contribution in [-0.2, 0) is 4.74 Å². The van der Waals surface area contributed by atoms with Crippen LogP contribution >= 0.6 is 0 Å². The molecule has 0 unspecified atom stereocenters. The molecule has 1 fully saturated rings. The number of nitrogens with one attached hydrogen (secondary N) is 2. The minimum Gasteiger partial charge on any atom is -0.396 e. The van der Waals surface area contributed by atoms with Crippen molar-refractivity contribution in [2.45, 2.75) is 45.6 Å². The van der Waals surface area contributed by atoms with Crippen LogP contribution in [0.3, 0.4) is 0 Å². The first kappa shape index (κ1) is 23.9. The standard InChI is InChI=1S/C24H32N6O4/c1-24(2,15-31)9-8-19(32)17-13-26-30-21(25-3)12-20(28-22(17)30)27-18-7-4-10-29(23(18)33)16-6-5-11-34-14-16/h4,7,10,12-13,16,25,31H,5-6,8-9,11,14-15H2,1-3H3,(H,27,28)/t16-/m1/s1. The van der Waals surface area contributed by atoms with Crippen LogP contribution in [0.5, 0.6) is 0 Å². The van der Waals surface area contributed by atoms with E-state index in [2.05, 4.69) is 20.7 Å². The molecule has 34 heavy (non-hydrogen) atoms. The number of nitrogens with zero attached hydrogens (tertiary/aromatic N) is 4. The van der Waals surface area contributed by atoms with Gasteiger partial charge in [-0.1, -0.05) is 13.8 Å². The highest BCUT2D eigenvalue weighted by Gasteiger charge is 2.22. The van der Waals surface area contributed by atoms with Crippen molar-refractivity contribution in [1.29, 1.82) is 0 Å². The Labute approximate surface area is 198 Å². The van der Waals surface area contributed by atoms with Crippen molar-refractivity contribution >= 4 is 28.8 Å². The van der Waals surface area contributed by atoms with Crippen molar-refractivity contribution in [3.63, 3.8) is 0 Å². The fraction of sp³-hybridized carbons (Fsp3) is 0.500. The highest BCUT2D eigenvalue weighted by Crippen LogP contribution is 2.26. The molecule has 1 atom stereocenters. The number of rotatable bonds is 9. The van der Waals surface area contributed by atoms with E-state index < -0.39 is 0 Å². The number of aromatic nitrogens is 4. The van der Waals surface area contributed by atoms with Crippen LogP contribution in [0.25, 0.3) is 5.65 Å². The van der Waals surface area contributed by atoms with Crippen molar-refractivity contribution in [1.82, 2.24) is 19.2 Å². The molecular weight excluding hydrogens is 436 g/mol. The van der Waals surface area contributed by atoms with Gasteiger partial charge in [0.1, 0.15) is 17.3 Å². The quantitative estimate of drug-likeness (QED) is 0.410. The van der Waals surface area contributed by atoms with Crippen LogP contribution in [0.15, 0.2) is 35.4 Å². The minimum atomic E-state index is -0.342. The normalized spacial score (nSPS) is 16.5. The molecule has 10 heteroatoms. The Bertz CT molecular complexity index is 1230. The molecule has 0 aromatic carbocycles. The van der Waals surface area contributed by atoms with Gasteiger partial charge in [-0.3, -0.25) is 9.59 Å². The Morgan fingerprint density at radius 1 is 1.38 bits per heavy atom. The third-order valence-electron chi connectivity index (χ3n) is 6.25. The van der Waals surface area contributed by atoms with E-state index in [4.69, 9.17) is 4.74 Å². The number of aliphatic hydroxyl groups excluding tert-OH is 1. The van der Waals surface area contributed by atoms with Crippen LogP contribution in [-0.4, -0.2) is 56.9 Å². The van der Waals surface area contributed by atoms with E-state index in [1.807, 2.05) is 19.9 Å². The SMILES string of the molecule is CNc1cc(Nc2cccn([C@@H]3CCCOC3)c2=O)nc2c(C(=O)CCC(C)(C)CO)cnn12. The summed E-state index contributed by atoms with van der Waals surface area (Å²) in [6.45, 7) is 5.09. The molecule has 0 spiro atoms. The number of ketones is 1. The van der Waals surface area contributed by atoms with Gasteiger partial charge in [0.25, 0.3) is 5.56 Å². The van der Waals surface area contributed by atoms with Crippen LogP contribution in [0.4, 0.5) is 17.3 Å². The molecule has 3 aromatic heterocycles. The number of carbonyl (C=O) groups excluding carboxylic acids is 1. The molecule has 3 aromatic rings. The van der Waals surface area contributed by atoms with Crippen molar-refractivity contribution in [3.05, 3.63) is 46.5 Å². The summed E-state index contributed by atoms with van der Waals surface area (Å²) in [5, 5.41) is 20.0. The van der Waals surface area contributed by atoms with Gasteiger partial charge < -0.3 is 25.0 Å². The summed E-state index contributed by atoms with van der Waals surface area (Å²) in [7, 11) is 1.75. The highest BCUT2D eigenvalue weighted by atomic mass is 16.5. The summed E-state index contributed by atoms with van der Waals surface area (Å²) in [6.07, 6.45) is 5.93. The van der Waals surface area contributed by atoms with Crippen molar-refractivity contribution in [3.8, 4) is 0 Å². The van der Waals surface area contributed by atoms with Gasteiger partial charge in [-0.2, -0.15) is 9.61 Å². The smallest absolute Gasteiger partial charge is 0.274 e. The minimum absolute atomic E-state index is 0.00679. The molecule has 0 radical (unpaired) electrons. The summed E-state index contributed by atoms with van der Waals surface area (Å²) >= 11 is 0. The van der Waals surface area contributed by atoms with Crippen LogP contribution in [0, 0.1) is 5.41 Å². The topological polar surface area (TPSA) is 123 Å².